The van der Waals surface area contributed by atoms with E-state index in [0.717, 1.165) is 23.6 Å². The summed E-state index contributed by atoms with van der Waals surface area (Å²) in [6.45, 7) is 2.27. The fraction of sp³-hybridized carbons (Fsp3) is 0.692. The van der Waals surface area contributed by atoms with Gasteiger partial charge in [-0.05, 0) is 43.9 Å². The Bertz CT molecular complexity index is 409. The number of fused-ring (bicyclic) bond motifs is 2. The maximum absolute atomic E-state index is 5.86. The summed E-state index contributed by atoms with van der Waals surface area (Å²) < 4.78 is 0. The molecule has 0 aliphatic heterocycles. The largest absolute Gasteiger partial charge is 0.367 e. The molecule has 3 rings (SSSR count). The third kappa shape index (κ3) is 2.25. The van der Waals surface area contributed by atoms with Crippen LogP contribution in [0.1, 0.15) is 32.6 Å². The van der Waals surface area contributed by atoms with Crippen molar-refractivity contribution >= 4 is 17.4 Å². The summed E-state index contributed by atoms with van der Waals surface area (Å²) >= 11 is 5.86. The highest BCUT2D eigenvalue weighted by Crippen LogP contribution is 2.49. The van der Waals surface area contributed by atoms with Gasteiger partial charge >= 0.3 is 0 Å². The predicted octanol–water partition coefficient (Wildman–Crippen LogP) is 3.37. The summed E-state index contributed by atoms with van der Waals surface area (Å²) in [4.78, 5) is 8.10. The molecule has 0 spiro atoms. The number of aromatic nitrogens is 2. The van der Waals surface area contributed by atoms with Crippen molar-refractivity contribution in [3.8, 4) is 0 Å². The van der Waals surface area contributed by atoms with Gasteiger partial charge in [-0.25, -0.2) is 9.97 Å². The minimum absolute atomic E-state index is 0.483. The molecular formula is C13H18ClN3. The fourth-order valence-electron chi connectivity index (χ4n) is 3.66. The smallest absolute Gasteiger partial charge is 0.134 e. The highest BCUT2D eigenvalue weighted by molar-refractivity contribution is 6.29. The molecule has 1 aromatic rings. The van der Waals surface area contributed by atoms with Crippen LogP contribution in [0, 0.1) is 17.8 Å². The van der Waals surface area contributed by atoms with Crippen LogP contribution in [-0.4, -0.2) is 16.0 Å². The minimum Gasteiger partial charge on any atom is -0.367 e. The summed E-state index contributed by atoms with van der Waals surface area (Å²) in [7, 11) is 0. The van der Waals surface area contributed by atoms with E-state index in [1.54, 1.807) is 6.07 Å². The molecule has 0 radical (unpaired) electrons. The summed E-state index contributed by atoms with van der Waals surface area (Å²) in [5, 5.41) is 3.98. The molecule has 1 aromatic heterocycles. The maximum Gasteiger partial charge on any atom is 0.134 e. The third-order valence-corrected chi connectivity index (χ3v) is 4.65. The van der Waals surface area contributed by atoms with Gasteiger partial charge in [0, 0.05) is 12.1 Å². The molecule has 1 heterocycles. The van der Waals surface area contributed by atoms with E-state index >= 15 is 0 Å². The van der Waals surface area contributed by atoms with Crippen molar-refractivity contribution in [1.29, 1.82) is 0 Å². The summed E-state index contributed by atoms with van der Waals surface area (Å²) in [5.74, 6) is 3.57. The van der Waals surface area contributed by atoms with Gasteiger partial charge in [0.15, 0.2) is 0 Å². The molecule has 4 atom stereocenters. The van der Waals surface area contributed by atoms with E-state index in [0.29, 0.717) is 11.2 Å². The molecule has 2 bridgehead atoms. The normalized spacial score (nSPS) is 32.7. The van der Waals surface area contributed by atoms with Gasteiger partial charge in [-0.15, -0.1) is 0 Å². The Morgan fingerprint density at radius 3 is 2.88 bits per heavy atom. The number of rotatable bonds is 3. The lowest BCUT2D eigenvalue weighted by atomic mass is 9.84. The van der Waals surface area contributed by atoms with Gasteiger partial charge in [-0.2, -0.15) is 0 Å². The van der Waals surface area contributed by atoms with Crippen LogP contribution in [0.15, 0.2) is 12.4 Å². The molecular weight excluding hydrogens is 234 g/mol. The SMILES string of the molecule is CC(Nc1cc(Cl)ncn1)C1CC2CCC1C2. The first-order valence-corrected chi connectivity index (χ1v) is 6.84. The molecule has 2 saturated carbocycles. The van der Waals surface area contributed by atoms with Crippen molar-refractivity contribution < 1.29 is 0 Å². The second-order valence-corrected chi connectivity index (χ2v) is 5.88. The van der Waals surface area contributed by atoms with Crippen LogP contribution < -0.4 is 5.32 Å². The highest BCUT2D eigenvalue weighted by atomic mass is 35.5. The Morgan fingerprint density at radius 1 is 1.35 bits per heavy atom. The number of anilines is 1. The van der Waals surface area contributed by atoms with E-state index in [1.165, 1.54) is 32.0 Å². The summed E-state index contributed by atoms with van der Waals surface area (Å²) in [6.07, 6.45) is 7.22. The van der Waals surface area contributed by atoms with Gasteiger partial charge in [0.2, 0.25) is 0 Å². The Kier molecular flexibility index (Phi) is 2.95. The molecule has 2 aliphatic rings. The molecule has 2 aliphatic carbocycles. The molecule has 0 saturated heterocycles. The van der Waals surface area contributed by atoms with E-state index in [1.807, 2.05) is 0 Å². The van der Waals surface area contributed by atoms with Crippen LogP contribution in [0.4, 0.5) is 5.82 Å². The molecule has 0 amide bonds. The van der Waals surface area contributed by atoms with E-state index < -0.39 is 0 Å². The fourth-order valence-corrected chi connectivity index (χ4v) is 3.81. The highest BCUT2D eigenvalue weighted by Gasteiger charge is 2.41. The standard InChI is InChI=1S/C13H18ClN3/c1-8(11-5-9-2-3-10(11)4-9)17-13-6-12(14)15-7-16-13/h6-11H,2-5H2,1H3,(H,15,16,17). The van der Waals surface area contributed by atoms with E-state index in [9.17, 15) is 0 Å². The van der Waals surface area contributed by atoms with Crippen molar-refractivity contribution in [2.24, 2.45) is 17.8 Å². The monoisotopic (exact) mass is 251 g/mol. The first-order chi connectivity index (χ1) is 8.22. The van der Waals surface area contributed by atoms with Crippen LogP contribution in [0.2, 0.25) is 5.15 Å². The van der Waals surface area contributed by atoms with Gasteiger partial charge in [-0.3, -0.25) is 0 Å². The molecule has 2 fully saturated rings. The lowest BCUT2D eigenvalue weighted by molar-refractivity contribution is 0.304. The summed E-state index contributed by atoms with van der Waals surface area (Å²) in [6, 6.07) is 2.28. The topological polar surface area (TPSA) is 37.8 Å². The average molecular weight is 252 g/mol. The number of hydrogen-bond donors (Lipinski definition) is 1. The van der Waals surface area contributed by atoms with Gasteiger partial charge in [0.25, 0.3) is 0 Å². The minimum atomic E-state index is 0.483. The second kappa shape index (κ2) is 4.45. The Morgan fingerprint density at radius 2 is 2.24 bits per heavy atom. The molecule has 3 nitrogen and oxygen atoms in total. The number of nitrogens with zero attached hydrogens (tertiary/aromatic N) is 2. The van der Waals surface area contributed by atoms with Gasteiger partial charge in [0.05, 0.1) is 0 Å². The molecule has 4 heteroatoms. The van der Waals surface area contributed by atoms with E-state index in [4.69, 9.17) is 11.6 Å². The number of nitrogens with one attached hydrogen (secondary N) is 1. The van der Waals surface area contributed by atoms with Crippen molar-refractivity contribution in [3.63, 3.8) is 0 Å². The third-order valence-electron chi connectivity index (χ3n) is 4.44. The molecule has 92 valence electrons. The Labute approximate surface area is 107 Å². The Hall–Kier alpha value is -0.830. The molecule has 17 heavy (non-hydrogen) atoms. The molecule has 1 N–H and O–H groups in total. The first kappa shape index (κ1) is 11.3. The lowest BCUT2D eigenvalue weighted by Crippen LogP contribution is -2.30. The zero-order chi connectivity index (χ0) is 11.8. The van der Waals surface area contributed by atoms with Crippen LogP contribution in [-0.2, 0) is 0 Å². The van der Waals surface area contributed by atoms with Crippen molar-refractivity contribution in [3.05, 3.63) is 17.5 Å². The number of halogens is 1. The maximum atomic E-state index is 5.86. The number of hydrogen-bond acceptors (Lipinski definition) is 3. The zero-order valence-electron chi connectivity index (χ0n) is 10.1. The Balaban J connectivity index is 1.65. The quantitative estimate of drug-likeness (QED) is 0.837. The van der Waals surface area contributed by atoms with Crippen molar-refractivity contribution in [1.82, 2.24) is 9.97 Å². The predicted molar refractivity (Wildman–Crippen MR) is 69.1 cm³/mol. The average Bonchev–Trinajstić information content (AvgIpc) is 2.90. The van der Waals surface area contributed by atoms with E-state index in [-0.39, 0.29) is 0 Å². The van der Waals surface area contributed by atoms with Crippen molar-refractivity contribution in [2.45, 2.75) is 38.6 Å². The molecule has 0 aromatic carbocycles. The second-order valence-electron chi connectivity index (χ2n) is 5.50. The van der Waals surface area contributed by atoms with Gasteiger partial charge in [-0.1, -0.05) is 18.0 Å². The zero-order valence-corrected chi connectivity index (χ0v) is 10.8. The van der Waals surface area contributed by atoms with Gasteiger partial charge < -0.3 is 5.32 Å². The van der Waals surface area contributed by atoms with Crippen LogP contribution in [0.3, 0.4) is 0 Å². The van der Waals surface area contributed by atoms with Crippen LogP contribution >= 0.6 is 11.6 Å². The van der Waals surface area contributed by atoms with E-state index in [2.05, 4.69) is 22.2 Å². The molecule has 4 unspecified atom stereocenters. The van der Waals surface area contributed by atoms with Crippen LogP contribution in [0.25, 0.3) is 0 Å². The van der Waals surface area contributed by atoms with Crippen LogP contribution in [0.5, 0.6) is 0 Å². The first-order valence-electron chi connectivity index (χ1n) is 6.46. The summed E-state index contributed by atoms with van der Waals surface area (Å²) in [5.41, 5.74) is 0. The van der Waals surface area contributed by atoms with Crippen molar-refractivity contribution in [2.75, 3.05) is 5.32 Å². The van der Waals surface area contributed by atoms with Gasteiger partial charge in [0.1, 0.15) is 17.3 Å². The lowest BCUT2D eigenvalue weighted by Gasteiger charge is -2.28.